The maximum absolute atomic E-state index is 12.1. The van der Waals surface area contributed by atoms with E-state index in [1.807, 2.05) is 6.92 Å². The molecule has 1 amide bonds. The first-order valence-electron chi connectivity index (χ1n) is 7.79. The topological polar surface area (TPSA) is 80.5 Å². The lowest BCUT2D eigenvalue weighted by molar-refractivity contribution is 0.0940. The molecule has 2 aromatic heterocycles. The van der Waals surface area contributed by atoms with Gasteiger partial charge in [-0.2, -0.15) is 0 Å². The second-order valence-corrected chi connectivity index (χ2v) is 5.45. The van der Waals surface area contributed by atoms with E-state index in [0.717, 1.165) is 25.2 Å². The summed E-state index contributed by atoms with van der Waals surface area (Å²) >= 11 is 0. The molecule has 0 aliphatic carbocycles. The first-order chi connectivity index (χ1) is 11.3. The van der Waals surface area contributed by atoms with Crippen molar-refractivity contribution < 1.29 is 13.9 Å². The highest BCUT2D eigenvalue weighted by Crippen LogP contribution is 2.26. The monoisotopic (exact) mass is 316 g/mol. The molecule has 1 fully saturated rings. The maximum Gasteiger partial charge on any atom is 0.257 e. The highest BCUT2D eigenvalue weighted by molar-refractivity contribution is 5.94. The van der Waals surface area contributed by atoms with Crippen LogP contribution in [0.3, 0.4) is 0 Å². The Hall–Kier alpha value is -2.57. The van der Waals surface area contributed by atoms with E-state index in [-0.39, 0.29) is 11.9 Å². The summed E-state index contributed by atoms with van der Waals surface area (Å²) in [5, 5.41) is 3.01. The largest absolute Gasteiger partial charge is 0.475 e. The van der Waals surface area contributed by atoms with Crippen LogP contribution in [0, 0.1) is 0 Å². The van der Waals surface area contributed by atoms with Crippen molar-refractivity contribution in [2.75, 3.05) is 24.6 Å². The van der Waals surface area contributed by atoms with Crippen LogP contribution in [0.5, 0.6) is 5.88 Å². The van der Waals surface area contributed by atoms with Crippen LogP contribution in [0.1, 0.15) is 30.1 Å². The summed E-state index contributed by atoms with van der Waals surface area (Å²) in [5.74, 6) is 1.17. The third-order valence-electron chi connectivity index (χ3n) is 3.70. The molecule has 122 valence electrons. The lowest BCUT2D eigenvalue weighted by atomic mass is 10.2. The molecule has 2 aromatic rings. The standard InChI is InChI=1S/C16H20N4O3/c1-2-8-23-16-14(17-5-6-18-16)20-7-3-13(10-20)19-15(21)12-4-9-22-11-12/h4-6,9,11,13H,2-3,7-8,10H2,1H3,(H,19,21)/t13-/m1/s1. The Morgan fingerprint density at radius 3 is 3.13 bits per heavy atom. The minimum atomic E-state index is -0.118. The SMILES string of the molecule is CCCOc1nccnc1N1CC[C@@H](NC(=O)c2ccoc2)C1. The number of furan rings is 1. The minimum absolute atomic E-state index is 0.0680. The molecule has 1 N–H and O–H groups in total. The van der Waals surface area contributed by atoms with Crippen molar-refractivity contribution >= 4 is 11.7 Å². The normalized spacial score (nSPS) is 17.3. The van der Waals surface area contributed by atoms with Gasteiger partial charge in [-0.25, -0.2) is 9.97 Å². The lowest BCUT2D eigenvalue weighted by Crippen LogP contribution is -2.37. The Balaban J connectivity index is 1.62. The summed E-state index contributed by atoms with van der Waals surface area (Å²) in [5.41, 5.74) is 0.537. The fraction of sp³-hybridized carbons (Fsp3) is 0.438. The highest BCUT2D eigenvalue weighted by atomic mass is 16.5. The Bertz CT molecular complexity index is 645. The third-order valence-corrected chi connectivity index (χ3v) is 3.70. The van der Waals surface area contributed by atoms with E-state index in [1.54, 1.807) is 18.5 Å². The highest BCUT2D eigenvalue weighted by Gasteiger charge is 2.27. The first-order valence-corrected chi connectivity index (χ1v) is 7.79. The number of carbonyl (C=O) groups excluding carboxylic acids is 1. The van der Waals surface area contributed by atoms with Crippen molar-refractivity contribution in [1.29, 1.82) is 0 Å². The molecule has 23 heavy (non-hydrogen) atoms. The number of carbonyl (C=O) groups is 1. The number of hydrogen-bond donors (Lipinski definition) is 1. The van der Waals surface area contributed by atoms with Crippen molar-refractivity contribution in [1.82, 2.24) is 15.3 Å². The van der Waals surface area contributed by atoms with Crippen LogP contribution in [-0.4, -0.2) is 41.6 Å². The smallest absolute Gasteiger partial charge is 0.257 e. The average molecular weight is 316 g/mol. The molecule has 3 rings (SSSR count). The van der Waals surface area contributed by atoms with Crippen molar-refractivity contribution in [3.63, 3.8) is 0 Å². The number of rotatable bonds is 6. The number of amides is 1. The van der Waals surface area contributed by atoms with Gasteiger partial charge in [0.25, 0.3) is 11.8 Å². The molecule has 1 saturated heterocycles. The van der Waals surface area contributed by atoms with Gasteiger partial charge in [0.15, 0.2) is 5.82 Å². The van der Waals surface area contributed by atoms with E-state index in [0.29, 0.717) is 24.6 Å². The molecule has 0 spiro atoms. The van der Waals surface area contributed by atoms with Crippen LogP contribution in [-0.2, 0) is 0 Å². The van der Waals surface area contributed by atoms with Crippen molar-refractivity contribution in [3.8, 4) is 5.88 Å². The van der Waals surface area contributed by atoms with E-state index in [9.17, 15) is 4.79 Å². The van der Waals surface area contributed by atoms with Crippen LogP contribution >= 0.6 is 0 Å². The predicted octanol–water partition coefficient (Wildman–Crippen LogP) is 1.87. The molecule has 0 unspecified atom stereocenters. The molecular formula is C16H20N4O3. The lowest BCUT2D eigenvalue weighted by Gasteiger charge is -2.19. The molecule has 0 aromatic carbocycles. The van der Waals surface area contributed by atoms with Gasteiger partial charge in [0.2, 0.25) is 0 Å². The fourth-order valence-electron chi connectivity index (χ4n) is 2.57. The van der Waals surface area contributed by atoms with Gasteiger partial charge in [-0.1, -0.05) is 6.92 Å². The zero-order valence-electron chi connectivity index (χ0n) is 13.1. The zero-order valence-corrected chi connectivity index (χ0v) is 13.1. The van der Waals surface area contributed by atoms with Gasteiger partial charge >= 0.3 is 0 Å². The number of hydrogen-bond acceptors (Lipinski definition) is 6. The molecule has 1 aliphatic heterocycles. The van der Waals surface area contributed by atoms with Gasteiger partial charge in [0.05, 0.1) is 18.4 Å². The average Bonchev–Trinajstić information content (AvgIpc) is 3.25. The molecular weight excluding hydrogens is 296 g/mol. The van der Waals surface area contributed by atoms with Gasteiger partial charge in [0.1, 0.15) is 6.26 Å². The molecule has 1 aliphatic rings. The Kier molecular flexibility index (Phi) is 4.75. The predicted molar refractivity (Wildman–Crippen MR) is 84.6 cm³/mol. The summed E-state index contributed by atoms with van der Waals surface area (Å²) in [4.78, 5) is 22.8. The van der Waals surface area contributed by atoms with Crippen molar-refractivity contribution in [2.45, 2.75) is 25.8 Å². The van der Waals surface area contributed by atoms with Gasteiger partial charge in [-0.3, -0.25) is 4.79 Å². The number of nitrogens with one attached hydrogen (secondary N) is 1. The summed E-state index contributed by atoms with van der Waals surface area (Å²) in [6, 6.07) is 1.72. The van der Waals surface area contributed by atoms with Crippen LogP contribution in [0.2, 0.25) is 0 Å². The Labute approximate surface area is 134 Å². The van der Waals surface area contributed by atoms with E-state index < -0.39 is 0 Å². The Morgan fingerprint density at radius 2 is 2.35 bits per heavy atom. The van der Waals surface area contributed by atoms with E-state index in [1.165, 1.54) is 12.5 Å². The molecule has 0 radical (unpaired) electrons. The molecule has 7 nitrogen and oxygen atoms in total. The zero-order chi connectivity index (χ0) is 16.1. The maximum atomic E-state index is 12.1. The summed E-state index contributed by atoms with van der Waals surface area (Å²) in [6.07, 6.45) is 8.00. The molecule has 3 heterocycles. The molecule has 0 saturated carbocycles. The molecule has 1 atom stereocenters. The van der Waals surface area contributed by atoms with Crippen molar-refractivity contribution in [2.24, 2.45) is 0 Å². The van der Waals surface area contributed by atoms with Crippen LogP contribution in [0.25, 0.3) is 0 Å². The quantitative estimate of drug-likeness (QED) is 0.876. The van der Waals surface area contributed by atoms with Gasteiger partial charge in [-0.05, 0) is 18.9 Å². The molecule has 7 heteroatoms. The Morgan fingerprint density at radius 1 is 1.48 bits per heavy atom. The van der Waals surface area contributed by atoms with Crippen LogP contribution in [0.15, 0.2) is 35.4 Å². The number of aromatic nitrogens is 2. The minimum Gasteiger partial charge on any atom is -0.475 e. The van der Waals surface area contributed by atoms with Gasteiger partial charge in [0, 0.05) is 31.5 Å². The summed E-state index contributed by atoms with van der Waals surface area (Å²) in [7, 11) is 0. The van der Waals surface area contributed by atoms with Gasteiger partial charge < -0.3 is 19.4 Å². The first kappa shape index (κ1) is 15.3. The third kappa shape index (κ3) is 3.61. The van der Waals surface area contributed by atoms with Crippen molar-refractivity contribution in [3.05, 3.63) is 36.5 Å². The summed E-state index contributed by atoms with van der Waals surface area (Å²) in [6.45, 7) is 4.15. The van der Waals surface area contributed by atoms with Gasteiger partial charge in [-0.15, -0.1) is 0 Å². The second-order valence-electron chi connectivity index (χ2n) is 5.45. The number of ether oxygens (including phenoxy) is 1. The van der Waals surface area contributed by atoms with E-state index in [2.05, 4.69) is 20.2 Å². The fourth-order valence-corrected chi connectivity index (χ4v) is 2.57. The second kappa shape index (κ2) is 7.13. The van der Waals surface area contributed by atoms with Crippen LogP contribution in [0.4, 0.5) is 5.82 Å². The number of anilines is 1. The van der Waals surface area contributed by atoms with E-state index in [4.69, 9.17) is 9.15 Å². The summed E-state index contributed by atoms with van der Waals surface area (Å²) < 4.78 is 10.6. The van der Waals surface area contributed by atoms with Crippen LogP contribution < -0.4 is 15.0 Å². The van der Waals surface area contributed by atoms with E-state index >= 15 is 0 Å². The molecule has 0 bridgehead atoms. The number of nitrogens with zero attached hydrogens (tertiary/aromatic N) is 3.